The highest BCUT2D eigenvalue weighted by Gasteiger charge is 2.13. The summed E-state index contributed by atoms with van der Waals surface area (Å²) < 4.78 is 4.93. The summed E-state index contributed by atoms with van der Waals surface area (Å²) in [6, 6.07) is 4.17. The van der Waals surface area contributed by atoms with Crippen LogP contribution in [0.4, 0.5) is 10.5 Å². The molecule has 0 aliphatic rings. The number of methoxy groups -OCH3 is 1. The number of hydrogen-bond acceptors (Lipinski definition) is 3. The van der Waals surface area contributed by atoms with Gasteiger partial charge in [-0.25, -0.2) is 4.79 Å². The number of benzene rings is 1. The minimum atomic E-state index is -0.997. The van der Waals surface area contributed by atoms with Gasteiger partial charge in [0, 0.05) is 19.3 Å². The van der Waals surface area contributed by atoms with E-state index in [0.29, 0.717) is 15.7 Å². The molecule has 1 unspecified atom stereocenters. The Bertz CT molecular complexity index is 496. The van der Waals surface area contributed by atoms with Crippen LogP contribution >= 0.6 is 23.2 Å². The van der Waals surface area contributed by atoms with Crippen molar-refractivity contribution in [2.45, 2.75) is 12.5 Å². The van der Waals surface area contributed by atoms with Gasteiger partial charge in [-0.05, 0) is 18.2 Å². The largest absolute Gasteiger partial charge is 0.481 e. The van der Waals surface area contributed by atoms with Crippen molar-refractivity contribution in [3.8, 4) is 0 Å². The molecule has 1 atom stereocenters. The molecule has 110 valence electrons. The van der Waals surface area contributed by atoms with Crippen LogP contribution in [0.5, 0.6) is 0 Å². The number of carboxylic acids is 1. The maximum absolute atomic E-state index is 11.6. The lowest BCUT2D eigenvalue weighted by Crippen LogP contribution is -2.37. The summed E-state index contributed by atoms with van der Waals surface area (Å²) in [7, 11) is 1.38. The van der Waals surface area contributed by atoms with Crippen molar-refractivity contribution < 1.29 is 19.4 Å². The maximum atomic E-state index is 11.6. The molecule has 1 rings (SSSR count). The summed E-state index contributed by atoms with van der Waals surface area (Å²) in [5, 5.41) is 14.4. The van der Waals surface area contributed by atoms with Gasteiger partial charge in [-0.3, -0.25) is 4.79 Å². The normalized spacial score (nSPS) is 11.8. The lowest BCUT2D eigenvalue weighted by atomic mass is 10.2. The summed E-state index contributed by atoms with van der Waals surface area (Å²) in [5.74, 6) is -0.997. The standard InChI is InChI=1S/C12H14Cl2N2O4/c1-20-8(5-11(17)18)6-15-12(19)16-7-2-3-9(13)10(14)4-7/h2-4,8H,5-6H2,1H3,(H,17,18)(H2,15,16,19). The zero-order valence-electron chi connectivity index (χ0n) is 10.7. The zero-order valence-corrected chi connectivity index (χ0v) is 12.2. The minimum Gasteiger partial charge on any atom is -0.481 e. The molecule has 0 fully saturated rings. The van der Waals surface area contributed by atoms with Crippen molar-refractivity contribution in [3.05, 3.63) is 28.2 Å². The van der Waals surface area contributed by atoms with Crippen molar-refractivity contribution in [1.29, 1.82) is 0 Å². The van der Waals surface area contributed by atoms with E-state index in [2.05, 4.69) is 10.6 Å². The maximum Gasteiger partial charge on any atom is 0.319 e. The van der Waals surface area contributed by atoms with Crippen LogP contribution in [0.25, 0.3) is 0 Å². The molecule has 0 bridgehead atoms. The first-order valence-electron chi connectivity index (χ1n) is 5.67. The van der Waals surface area contributed by atoms with E-state index in [4.69, 9.17) is 33.0 Å². The molecule has 0 aliphatic carbocycles. The Balaban J connectivity index is 2.46. The molecule has 3 N–H and O–H groups in total. The van der Waals surface area contributed by atoms with E-state index in [1.54, 1.807) is 12.1 Å². The summed E-state index contributed by atoms with van der Waals surface area (Å²) in [5.41, 5.74) is 0.476. The number of aliphatic carboxylic acids is 1. The number of urea groups is 1. The highest BCUT2D eigenvalue weighted by Crippen LogP contribution is 2.24. The Labute approximate surface area is 126 Å². The lowest BCUT2D eigenvalue weighted by molar-refractivity contribution is -0.139. The van der Waals surface area contributed by atoms with Crippen LogP contribution in [-0.4, -0.2) is 36.9 Å². The number of carbonyl (C=O) groups excluding carboxylic acids is 1. The number of anilines is 1. The van der Waals surface area contributed by atoms with Crippen molar-refractivity contribution in [3.63, 3.8) is 0 Å². The molecule has 0 aliphatic heterocycles. The predicted molar refractivity (Wildman–Crippen MR) is 76.5 cm³/mol. The second-order valence-corrected chi connectivity index (χ2v) is 4.73. The average molecular weight is 321 g/mol. The Morgan fingerprint density at radius 3 is 2.60 bits per heavy atom. The number of carbonyl (C=O) groups is 2. The first kappa shape index (κ1) is 16.6. The average Bonchev–Trinajstić information content (AvgIpc) is 2.38. The number of rotatable bonds is 6. The van der Waals surface area contributed by atoms with Crippen molar-refractivity contribution in [2.24, 2.45) is 0 Å². The number of ether oxygens (including phenoxy) is 1. The molecule has 6 nitrogen and oxygen atoms in total. The number of carboxylic acid groups (broad SMARTS) is 1. The molecule has 0 spiro atoms. The van der Waals surface area contributed by atoms with E-state index < -0.39 is 18.1 Å². The van der Waals surface area contributed by atoms with Gasteiger partial charge >= 0.3 is 12.0 Å². The molecule has 20 heavy (non-hydrogen) atoms. The van der Waals surface area contributed by atoms with Gasteiger partial charge in [0.2, 0.25) is 0 Å². The second-order valence-electron chi connectivity index (χ2n) is 3.92. The SMILES string of the molecule is COC(CNC(=O)Nc1ccc(Cl)c(Cl)c1)CC(=O)O. The molecule has 8 heteroatoms. The Kier molecular flexibility index (Phi) is 6.57. The Morgan fingerprint density at radius 1 is 1.35 bits per heavy atom. The van der Waals surface area contributed by atoms with Crippen molar-refractivity contribution >= 4 is 40.9 Å². The lowest BCUT2D eigenvalue weighted by Gasteiger charge is -2.14. The molecule has 0 aromatic heterocycles. The van der Waals surface area contributed by atoms with Crippen LogP contribution in [0.15, 0.2) is 18.2 Å². The monoisotopic (exact) mass is 320 g/mol. The molecule has 1 aromatic carbocycles. The van der Waals surface area contributed by atoms with Gasteiger partial charge in [-0.15, -0.1) is 0 Å². The smallest absolute Gasteiger partial charge is 0.319 e. The van der Waals surface area contributed by atoms with Crippen molar-refractivity contribution in [1.82, 2.24) is 5.32 Å². The van der Waals surface area contributed by atoms with Crippen LogP contribution in [0.3, 0.4) is 0 Å². The van der Waals surface area contributed by atoms with Crippen LogP contribution in [0.1, 0.15) is 6.42 Å². The van der Waals surface area contributed by atoms with E-state index in [0.717, 1.165) is 0 Å². The van der Waals surface area contributed by atoms with Gasteiger partial charge in [-0.1, -0.05) is 23.2 Å². The molecule has 0 saturated carbocycles. The molecule has 0 heterocycles. The Hall–Kier alpha value is -1.50. The fourth-order valence-corrected chi connectivity index (χ4v) is 1.69. The van der Waals surface area contributed by atoms with E-state index >= 15 is 0 Å². The topological polar surface area (TPSA) is 87.7 Å². The third kappa shape index (κ3) is 5.64. The van der Waals surface area contributed by atoms with Gasteiger partial charge in [0.15, 0.2) is 0 Å². The molecule has 2 amide bonds. The summed E-state index contributed by atoms with van der Waals surface area (Å²) in [6.45, 7) is 0.0793. The molecule has 1 aromatic rings. The summed E-state index contributed by atoms with van der Waals surface area (Å²) >= 11 is 11.6. The highest BCUT2D eigenvalue weighted by molar-refractivity contribution is 6.42. The van der Waals surface area contributed by atoms with E-state index in [-0.39, 0.29) is 13.0 Å². The summed E-state index contributed by atoms with van der Waals surface area (Å²) in [4.78, 5) is 22.2. The summed E-state index contributed by atoms with van der Waals surface area (Å²) in [6.07, 6.45) is -0.782. The fourth-order valence-electron chi connectivity index (χ4n) is 1.39. The van der Waals surface area contributed by atoms with E-state index in [1.165, 1.54) is 13.2 Å². The zero-order chi connectivity index (χ0) is 15.1. The van der Waals surface area contributed by atoms with Crippen molar-refractivity contribution in [2.75, 3.05) is 19.0 Å². The number of hydrogen-bond donors (Lipinski definition) is 3. The molecule has 0 radical (unpaired) electrons. The van der Waals surface area contributed by atoms with Gasteiger partial charge in [0.25, 0.3) is 0 Å². The molecular formula is C12H14Cl2N2O4. The number of amides is 2. The second kappa shape index (κ2) is 7.94. The van der Waals surface area contributed by atoms with Gasteiger partial charge < -0.3 is 20.5 Å². The van der Waals surface area contributed by atoms with Crippen LogP contribution in [0, 0.1) is 0 Å². The first-order valence-corrected chi connectivity index (χ1v) is 6.42. The van der Waals surface area contributed by atoms with E-state index in [1.807, 2.05) is 0 Å². The Morgan fingerprint density at radius 2 is 2.05 bits per heavy atom. The van der Waals surface area contributed by atoms with Crippen LogP contribution < -0.4 is 10.6 Å². The van der Waals surface area contributed by atoms with E-state index in [9.17, 15) is 9.59 Å². The molecule has 0 saturated heterocycles. The number of nitrogens with one attached hydrogen (secondary N) is 2. The van der Waals surface area contributed by atoms with Gasteiger partial charge in [0.1, 0.15) is 0 Å². The molecular weight excluding hydrogens is 307 g/mol. The quantitative estimate of drug-likeness (QED) is 0.751. The third-order valence-corrected chi connectivity index (χ3v) is 3.14. The number of halogens is 2. The van der Waals surface area contributed by atoms with Crippen LogP contribution in [0.2, 0.25) is 10.0 Å². The predicted octanol–water partition coefficient (Wildman–Crippen LogP) is 2.60. The minimum absolute atomic E-state index is 0.0793. The fraction of sp³-hybridized carbons (Fsp3) is 0.333. The first-order chi connectivity index (χ1) is 9.42. The third-order valence-electron chi connectivity index (χ3n) is 2.40. The highest BCUT2D eigenvalue weighted by atomic mass is 35.5. The van der Waals surface area contributed by atoms with Gasteiger partial charge in [-0.2, -0.15) is 0 Å². The van der Waals surface area contributed by atoms with Crippen LogP contribution in [-0.2, 0) is 9.53 Å². The van der Waals surface area contributed by atoms with Gasteiger partial charge in [0.05, 0.1) is 22.6 Å².